The third-order valence-corrected chi connectivity index (χ3v) is 5.31. The van der Waals surface area contributed by atoms with Gasteiger partial charge in [-0.1, -0.05) is 18.2 Å². The van der Waals surface area contributed by atoms with Gasteiger partial charge in [0.05, 0.1) is 17.5 Å². The van der Waals surface area contributed by atoms with Gasteiger partial charge >= 0.3 is 0 Å². The fourth-order valence-electron chi connectivity index (χ4n) is 3.33. The molecule has 3 rings (SSSR count). The number of aromatic nitrogens is 2. The molecule has 8 heteroatoms. The third kappa shape index (κ3) is 5.00. The number of rotatable bonds is 5. The Balaban J connectivity index is 1.67. The average Bonchev–Trinajstić information content (AvgIpc) is 2.58. The predicted octanol–water partition coefficient (Wildman–Crippen LogP) is 1.26. The summed E-state index contributed by atoms with van der Waals surface area (Å²) in [7, 11) is -3.15. The van der Waals surface area contributed by atoms with E-state index in [1.54, 1.807) is 6.07 Å². The van der Waals surface area contributed by atoms with Crippen LogP contribution in [0.4, 0.5) is 0 Å². The molecule has 2 N–H and O–H groups in total. The molecule has 140 valence electrons. The van der Waals surface area contributed by atoms with Gasteiger partial charge in [-0.3, -0.25) is 9.69 Å². The molecule has 0 saturated carbocycles. The van der Waals surface area contributed by atoms with Crippen molar-refractivity contribution in [1.82, 2.24) is 19.8 Å². The van der Waals surface area contributed by atoms with Crippen molar-refractivity contribution in [2.45, 2.75) is 32.4 Å². The third-order valence-electron chi connectivity index (χ3n) is 4.54. The maximum atomic E-state index is 12.0. The molecule has 0 aliphatic carbocycles. The van der Waals surface area contributed by atoms with Crippen molar-refractivity contribution in [2.24, 2.45) is 0 Å². The standard InChI is InChI=1S/C18H24N4O3S/c1-13-10-17(18(23)20-19-13)15-5-3-4-14(11-15)12-22-8-6-16(7-9-22)21-26(2,24)25/h3-5,10-11,16,21H,6-9,12H2,1-2H3,(H,20,23). The molecule has 0 spiro atoms. The lowest BCUT2D eigenvalue weighted by atomic mass is 10.0. The van der Waals surface area contributed by atoms with E-state index in [2.05, 4.69) is 19.8 Å². The molecule has 0 amide bonds. The van der Waals surface area contributed by atoms with Crippen molar-refractivity contribution >= 4 is 10.0 Å². The molecule has 2 aromatic rings. The van der Waals surface area contributed by atoms with Gasteiger partial charge in [-0.15, -0.1) is 0 Å². The van der Waals surface area contributed by atoms with E-state index >= 15 is 0 Å². The molecule has 1 saturated heterocycles. The second-order valence-corrected chi connectivity index (χ2v) is 8.67. The van der Waals surface area contributed by atoms with Gasteiger partial charge in [0.2, 0.25) is 10.0 Å². The highest BCUT2D eigenvalue weighted by Gasteiger charge is 2.21. The molecule has 0 bridgehead atoms. The summed E-state index contributed by atoms with van der Waals surface area (Å²) in [6, 6.07) is 9.77. The van der Waals surface area contributed by atoms with E-state index in [1.807, 2.05) is 31.2 Å². The second kappa shape index (κ2) is 7.69. The number of sulfonamides is 1. The van der Waals surface area contributed by atoms with Crippen molar-refractivity contribution < 1.29 is 8.42 Å². The van der Waals surface area contributed by atoms with Gasteiger partial charge < -0.3 is 0 Å². The molecule has 1 aliphatic heterocycles. The molecule has 2 heterocycles. The van der Waals surface area contributed by atoms with Crippen LogP contribution in [-0.2, 0) is 16.6 Å². The second-order valence-electron chi connectivity index (χ2n) is 6.89. The number of nitrogens with one attached hydrogen (secondary N) is 2. The van der Waals surface area contributed by atoms with Crippen molar-refractivity contribution in [2.75, 3.05) is 19.3 Å². The zero-order chi connectivity index (χ0) is 18.7. The predicted molar refractivity (Wildman–Crippen MR) is 101 cm³/mol. The number of nitrogens with zero attached hydrogens (tertiary/aromatic N) is 2. The zero-order valence-corrected chi connectivity index (χ0v) is 15.8. The highest BCUT2D eigenvalue weighted by atomic mass is 32.2. The number of likely N-dealkylation sites (tertiary alicyclic amines) is 1. The number of piperidine rings is 1. The first-order chi connectivity index (χ1) is 12.3. The van der Waals surface area contributed by atoms with E-state index < -0.39 is 10.0 Å². The number of aryl methyl sites for hydroxylation is 1. The maximum Gasteiger partial charge on any atom is 0.272 e. The summed E-state index contributed by atoms with van der Waals surface area (Å²) in [6.45, 7) is 4.30. The van der Waals surface area contributed by atoms with Crippen LogP contribution in [-0.4, -0.2) is 48.9 Å². The summed E-state index contributed by atoms with van der Waals surface area (Å²) < 4.78 is 25.4. The van der Waals surface area contributed by atoms with Crippen LogP contribution in [0.15, 0.2) is 35.1 Å². The van der Waals surface area contributed by atoms with Gasteiger partial charge in [0, 0.05) is 25.7 Å². The van der Waals surface area contributed by atoms with Crippen LogP contribution < -0.4 is 10.3 Å². The Hall–Kier alpha value is -2.03. The van der Waals surface area contributed by atoms with Crippen LogP contribution in [0.2, 0.25) is 0 Å². The minimum atomic E-state index is -3.15. The fraction of sp³-hybridized carbons (Fsp3) is 0.444. The number of benzene rings is 1. The van der Waals surface area contributed by atoms with Gasteiger partial charge in [-0.2, -0.15) is 5.10 Å². The summed E-state index contributed by atoms with van der Waals surface area (Å²) in [5, 5.41) is 6.44. The highest BCUT2D eigenvalue weighted by Crippen LogP contribution is 2.20. The molecule has 1 aromatic heterocycles. The first-order valence-corrected chi connectivity index (χ1v) is 10.5. The van der Waals surface area contributed by atoms with E-state index in [4.69, 9.17) is 0 Å². The van der Waals surface area contributed by atoms with E-state index in [9.17, 15) is 13.2 Å². The van der Waals surface area contributed by atoms with Crippen LogP contribution in [0.25, 0.3) is 11.1 Å². The fourth-order valence-corrected chi connectivity index (χ4v) is 4.17. The summed E-state index contributed by atoms with van der Waals surface area (Å²) >= 11 is 0. The van der Waals surface area contributed by atoms with Gasteiger partial charge in [0.25, 0.3) is 5.56 Å². The lowest BCUT2D eigenvalue weighted by molar-refractivity contribution is 0.200. The Morgan fingerprint density at radius 1 is 1.27 bits per heavy atom. The first kappa shape index (κ1) is 18.8. The topological polar surface area (TPSA) is 95.2 Å². The normalized spacial score (nSPS) is 16.7. The Morgan fingerprint density at radius 2 is 2.00 bits per heavy atom. The van der Waals surface area contributed by atoms with Gasteiger partial charge in [-0.25, -0.2) is 18.2 Å². The molecule has 1 fully saturated rings. The maximum absolute atomic E-state index is 12.0. The minimum Gasteiger partial charge on any atom is -0.299 e. The zero-order valence-electron chi connectivity index (χ0n) is 15.0. The Kier molecular flexibility index (Phi) is 5.55. The summed E-state index contributed by atoms with van der Waals surface area (Å²) in [4.78, 5) is 14.3. The lowest BCUT2D eigenvalue weighted by Gasteiger charge is -2.32. The lowest BCUT2D eigenvalue weighted by Crippen LogP contribution is -2.43. The van der Waals surface area contributed by atoms with Crippen LogP contribution >= 0.6 is 0 Å². The molecule has 0 atom stereocenters. The van der Waals surface area contributed by atoms with Crippen LogP contribution in [0, 0.1) is 6.92 Å². The van der Waals surface area contributed by atoms with Gasteiger partial charge in [-0.05, 0) is 43.0 Å². The number of H-pyrrole nitrogens is 1. The minimum absolute atomic E-state index is 0.0194. The van der Waals surface area contributed by atoms with Crippen LogP contribution in [0.1, 0.15) is 24.1 Å². The SMILES string of the molecule is Cc1cc(-c2cccc(CN3CCC(NS(C)(=O)=O)CC3)c2)c(=O)[nH]n1. The van der Waals surface area contributed by atoms with Crippen LogP contribution in [0.5, 0.6) is 0 Å². The van der Waals surface area contributed by atoms with Gasteiger partial charge in [0.15, 0.2) is 0 Å². The summed E-state index contributed by atoms with van der Waals surface area (Å²) in [5.41, 5.74) is 3.20. The van der Waals surface area contributed by atoms with Crippen molar-refractivity contribution in [3.63, 3.8) is 0 Å². The number of hydrogen-bond donors (Lipinski definition) is 2. The average molecular weight is 376 g/mol. The highest BCUT2D eigenvalue weighted by molar-refractivity contribution is 7.88. The van der Waals surface area contributed by atoms with Gasteiger partial charge in [0.1, 0.15) is 0 Å². The first-order valence-electron chi connectivity index (χ1n) is 8.65. The molecular weight excluding hydrogens is 352 g/mol. The van der Waals surface area contributed by atoms with Crippen molar-refractivity contribution in [1.29, 1.82) is 0 Å². The molecule has 1 aliphatic rings. The molecule has 0 unspecified atom stereocenters. The molecular formula is C18H24N4O3S. The number of hydrogen-bond acceptors (Lipinski definition) is 5. The van der Waals surface area contributed by atoms with E-state index in [1.165, 1.54) is 6.26 Å². The molecule has 26 heavy (non-hydrogen) atoms. The summed E-state index contributed by atoms with van der Waals surface area (Å²) in [6.07, 6.45) is 2.80. The quantitative estimate of drug-likeness (QED) is 0.819. The smallest absolute Gasteiger partial charge is 0.272 e. The molecule has 1 aromatic carbocycles. The van der Waals surface area contributed by atoms with E-state index in [0.29, 0.717) is 5.56 Å². The summed E-state index contributed by atoms with van der Waals surface area (Å²) in [5.74, 6) is 0. The van der Waals surface area contributed by atoms with E-state index in [0.717, 1.165) is 49.3 Å². The Morgan fingerprint density at radius 3 is 2.69 bits per heavy atom. The van der Waals surface area contributed by atoms with E-state index in [-0.39, 0.29) is 11.6 Å². The Bertz CT molecular complexity index is 931. The van der Waals surface area contributed by atoms with Crippen LogP contribution in [0.3, 0.4) is 0 Å². The monoisotopic (exact) mass is 376 g/mol. The Labute approximate surface area is 153 Å². The largest absolute Gasteiger partial charge is 0.299 e. The molecule has 0 radical (unpaired) electrons. The van der Waals surface area contributed by atoms with Crippen molar-refractivity contribution in [3.05, 3.63) is 51.9 Å². The number of aromatic amines is 1. The van der Waals surface area contributed by atoms with Crippen molar-refractivity contribution in [3.8, 4) is 11.1 Å². The molecule has 7 nitrogen and oxygen atoms in total.